The van der Waals surface area contributed by atoms with E-state index in [0.29, 0.717) is 0 Å². The van der Waals surface area contributed by atoms with Crippen molar-refractivity contribution in [1.29, 1.82) is 0 Å². The molecule has 28 heavy (non-hydrogen) atoms. The number of nitrogens with one attached hydrogen (secondary N) is 1. The van der Waals surface area contributed by atoms with Gasteiger partial charge in [-0.05, 0) is 24.6 Å². The van der Waals surface area contributed by atoms with Gasteiger partial charge in [0.2, 0.25) is 5.91 Å². The van der Waals surface area contributed by atoms with Crippen LogP contribution >= 0.6 is 11.6 Å². The lowest BCUT2D eigenvalue weighted by Gasteiger charge is -2.27. The summed E-state index contributed by atoms with van der Waals surface area (Å²) in [5, 5.41) is 7.54. The Kier molecular flexibility index (Phi) is 5.84. The molecule has 12 heteroatoms. The van der Waals surface area contributed by atoms with Crippen molar-refractivity contribution in [2.45, 2.75) is 31.9 Å². The third kappa shape index (κ3) is 4.76. The topological polar surface area (TPSA) is 105 Å². The van der Waals surface area contributed by atoms with Crippen molar-refractivity contribution >= 4 is 44.7 Å². The third-order valence-electron chi connectivity index (χ3n) is 4.28. The van der Waals surface area contributed by atoms with Gasteiger partial charge >= 0.3 is 6.61 Å². The van der Waals surface area contributed by atoms with E-state index < -0.39 is 28.4 Å². The second-order valence-corrected chi connectivity index (χ2v) is 8.96. The van der Waals surface area contributed by atoms with Crippen molar-refractivity contribution in [2.24, 2.45) is 5.10 Å². The Hall–Kier alpha value is -2.27. The zero-order valence-electron chi connectivity index (χ0n) is 14.4. The summed E-state index contributed by atoms with van der Waals surface area (Å²) in [7, 11) is -3.22. The Balaban J connectivity index is 1.72. The molecule has 0 bridgehead atoms. The maximum atomic E-state index is 12.4. The molecule has 1 unspecified atom stereocenters. The molecule has 1 aromatic rings. The summed E-state index contributed by atoms with van der Waals surface area (Å²) in [4.78, 5) is 24.5. The molecule has 3 rings (SSSR count). The molecular weight excluding hydrogens is 420 g/mol. The molecule has 1 aromatic carbocycles. The SMILES string of the molecule is O=C(Nc1ccc(OC(F)F)c(Cl)c1)C1=NN(C2CCS(=O)(=O)C2)C(=O)CC1. The van der Waals surface area contributed by atoms with Gasteiger partial charge in [0.15, 0.2) is 9.84 Å². The van der Waals surface area contributed by atoms with Gasteiger partial charge in [-0.25, -0.2) is 13.4 Å². The van der Waals surface area contributed by atoms with E-state index in [1.54, 1.807) is 0 Å². The minimum Gasteiger partial charge on any atom is -0.433 e. The highest BCUT2D eigenvalue weighted by molar-refractivity contribution is 7.91. The van der Waals surface area contributed by atoms with E-state index in [-0.39, 0.29) is 58.8 Å². The number of nitrogens with zero attached hydrogens (tertiary/aromatic N) is 2. The zero-order chi connectivity index (χ0) is 20.5. The Bertz CT molecular complexity index is 938. The third-order valence-corrected chi connectivity index (χ3v) is 6.33. The van der Waals surface area contributed by atoms with E-state index in [1.165, 1.54) is 18.2 Å². The highest BCUT2D eigenvalue weighted by Gasteiger charge is 2.37. The average molecular weight is 436 g/mol. The largest absolute Gasteiger partial charge is 0.433 e. The first kappa shape index (κ1) is 20.5. The molecule has 152 valence electrons. The van der Waals surface area contributed by atoms with Crippen LogP contribution in [0.2, 0.25) is 5.02 Å². The zero-order valence-corrected chi connectivity index (χ0v) is 16.0. The maximum absolute atomic E-state index is 12.4. The van der Waals surface area contributed by atoms with E-state index in [2.05, 4.69) is 15.2 Å². The van der Waals surface area contributed by atoms with E-state index in [4.69, 9.17) is 11.6 Å². The quantitative estimate of drug-likeness (QED) is 0.762. The predicted molar refractivity (Wildman–Crippen MR) is 97.3 cm³/mol. The lowest BCUT2D eigenvalue weighted by atomic mass is 10.1. The van der Waals surface area contributed by atoms with Crippen LogP contribution in [-0.2, 0) is 19.4 Å². The van der Waals surface area contributed by atoms with Gasteiger partial charge in [-0.15, -0.1) is 0 Å². The van der Waals surface area contributed by atoms with E-state index >= 15 is 0 Å². The molecule has 1 saturated heterocycles. The Labute approximate surface area is 164 Å². The molecule has 0 spiro atoms. The molecule has 0 saturated carbocycles. The number of hydrogen-bond acceptors (Lipinski definition) is 6. The number of alkyl halides is 2. The van der Waals surface area contributed by atoms with Crippen molar-refractivity contribution in [1.82, 2.24) is 5.01 Å². The summed E-state index contributed by atoms with van der Waals surface area (Å²) in [5.41, 5.74) is 0.291. The second-order valence-electron chi connectivity index (χ2n) is 6.32. The van der Waals surface area contributed by atoms with E-state index in [9.17, 15) is 26.8 Å². The highest BCUT2D eigenvalue weighted by atomic mass is 35.5. The van der Waals surface area contributed by atoms with Crippen LogP contribution in [0.4, 0.5) is 14.5 Å². The standard InChI is InChI=1S/C16H16ClF2N3O5S/c17-11-7-9(1-3-13(11)27-16(18)19)20-15(24)12-2-4-14(23)22(21-12)10-5-6-28(25,26)8-10/h1,3,7,10,16H,2,4-6,8H2,(H,20,24). The molecule has 0 radical (unpaired) electrons. The van der Waals surface area contributed by atoms with Crippen LogP contribution in [0.25, 0.3) is 0 Å². The van der Waals surface area contributed by atoms with Crippen molar-refractivity contribution in [3.05, 3.63) is 23.2 Å². The van der Waals surface area contributed by atoms with Crippen molar-refractivity contribution in [2.75, 3.05) is 16.8 Å². The summed E-state index contributed by atoms with van der Waals surface area (Å²) in [6.07, 6.45) is 0.402. The molecular formula is C16H16ClF2N3O5S. The summed E-state index contributed by atoms with van der Waals surface area (Å²) in [6, 6.07) is 3.18. The van der Waals surface area contributed by atoms with Crippen LogP contribution in [0.5, 0.6) is 5.75 Å². The second kappa shape index (κ2) is 8.00. The Morgan fingerprint density at radius 1 is 1.36 bits per heavy atom. The van der Waals surface area contributed by atoms with Crippen molar-refractivity contribution in [3.63, 3.8) is 0 Å². The number of rotatable bonds is 5. The molecule has 2 heterocycles. The molecule has 1 fully saturated rings. The summed E-state index contributed by atoms with van der Waals surface area (Å²) in [5.74, 6) is -1.38. The molecule has 8 nitrogen and oxygen atoms in total. The van der Waals surface area contributed by atoms with E-state index in [1.807, 2.05) is 0 Å². The highest BCUT2D eigenvalue weighted by Crippen LogP contribution is 2.29. The minimum atomic E-state index is -3.22. The van der Waals surface area contributed by atoms with Crippen LogP contribution in [0.3, 0.4) is 0 Å². The van der Waals surface area contributed by atoms with Crippen LogP contribution < -0.4 is 10.1 Å². The number of amides is 2. The average Bonchev–Trinajstić information content (AvgIpc) is 2.97. The number of benzene rings is 1. The van der Waals surface area contributed by atoms with E-state index in [0.717, 1.165) is 5.01 Å². The normalized spacial score (nSPS) is 21.6. The fourth-order valence-electron chi connectivity index (χ4n) is 2.96. The van der Waals surface area contributed by atoms with Crippen LogP contribution in [0.15, 0.2) is 23.3 Å². The van der Waals surface area contributed by atoms with Crippen LogP contribution in [-0.4, -0.2) is 55.1 Å². The molecule has 2 aliphatic heterocycles. The maximum Gasteiger partial charge on any atom is 0.387 e. The lowest BCUT2D eigenvalue weighted by Crippen LogP contribution is -2.42. The van der Waals surface area contributed by atoms with Gasteiger partial charge in [0, 0.05) is 18.5 Å². The van der Waals surface area contributed by atoms with Gasteiger partial charge in [-0.1, -0.05) is 11.6 Å². The van der Waals surface area contributed by atoms with Gasteiger partial charge in [-0.3, -0.25) is 9.59 Å². The fraction of sp³-hybridized carbons (Fsp3) is 0.438. The first-order valence-corrected chi connectivity index (χ1v) is 10.5. The summed E-state index contributed by atoms with van der Waals surface area (Å²) in [6.45, 7) is -3.03. The summed E-state index contributed by atoms with van der Waals surface area (Å²) < 4.78 is 52.0. The smallest absolute Gasteiger partial charge is 0.387 e. The number of halogens is 3. The van der Waals surface area contributed by atoms with Gasteiger partial charge < -0.3 is 10.1 Å². The minimum absolute atomic E-state index is 0.0238. The number of ether oxygens (including phenoxy) is 1. The molecule has 1 atom stereocenters. The number of sulfone groups is 1. The van der Waals surface area contributed by atoms with Gasteiger partial charge in [-0.2, -0.15) is 13.9 Å². The number of hydrogen-bond donors (Lipinski definition) is 1. The first-order chi connectivity index (χ1) is 13.1. The van der Waals surface area contributed by atoms with Crippen molar-refractivity contribution < 1.29 is 31.5 Å². The predicted octanol–water partition coefficient (Wildman–Crippen LogP) is 2.05. The molecule has 0 aromatic heterocycles. The first-order valence-electron chi connectivity index (χ1n) is 8.30. The molecule has 2 amide bonds. The fourth-order valence-corrected chi connectivity index (χ4v) is 4.88. The van der Waals surface area contributed by atoms with Gasteiger partial charge in [0.05, 0.1) is 22.6 Å². The summed E-state index contributed by atoms with van der Waals surface area (Å²) >= 11 is 5.85. The number of anilines is 1. The van der Waals surface area contributed by atoms with Crippen molar-refractivity contribution in [3.8, 4) is 5.75 Å². The number of carbonyl (C=O) groups excluding carboxylic acids is 2. The van der Waals surface area contributed by atoms with Crippen LogP contribution in [0, 0.1) is 0 Å². The molecule has 1 N–H and O–H groups in total. The number of carbonyl (C=O) groups is 2. The van der Waals surface area contributed by atoms with Crippen LogP contribution in [0.1, 0.15) is 19.3 Å². The van der Waals surface area contributed by atoms with Gasteiger partial charge in [0.25, 0.3) is 5.91 Å². The Morgan fingerprint density at radius 2 is 2.11 bits per heavy atom. The van der Waals surface area contributed by atoms with Gasteiger partial charge in [0.1, 0.15) is 11.5 Å². The Morgan fingerprint density at radius 3 is 2.71 bits per heavy atom. The molecule has 2 aliphatic rings. The number of hydrazone groups is 1. The monoisotopic (exact) mass is 435 g/mol. The lowest BCUT2D eigenvalue weighted by molar-refractivity contribution is -0.133. The molecule has 0 aliphatic carbocycles.